The lowest BCUT2D eigenvalue weighted by atomic mass is 9.49. The summed E-state index contributed by atoms with van der Waals surface area (Å²) in [6.45, 7) is 5.17. The van der Waals surface area contributed by atoms with E-state index in [-0.39, 0.29) is 16.9 Å². The van der Waals surface area contributed by atoms with Gasteiger partial charge in [-0.3, -0.25) is 9.69 Å². The van der Waals surface area contributed by atoms with Crippen molar-refractivity contribution in [3.05, 3.63) is 64.1 Å². The molecule has 5 aliphatic rings. The first-order valence-electron chi connectivity index (χ1n) is 12.8. The van der Waals surface area contributed by atoms with E-state index in [2.05, 4.69) is 47.1 Å². The van der Waals surface area contributed by atoms with Crippen LogP contribution in [0.1, 0.15) is 68.6 Å². The predicted octanol–water partition coefficient (Wildman–Crippen LogP) is 4.12. The molecule has 8 rings (SSSR count). The number of H-pyrrole nitrogens is 1. The molecule has 1 aliphatic heterocycles. The topological polar surface area (TPSA) is 66.3 Å². The largest absolute Gasteiger partial charge is 0.307 e. The normalized spacial score (nSPS) is 35.6. The summed E-state index contributed by atoms with van der Waals surface area (Å²) in [5, 5.41) is 5.10. The van der Waals surface area contributed by atoms with E-state index < -0.39 is 0 Å². The lowest BCUT2D eigenvalue weighted by molar-refractivity contribution is -0.0101. The molecule has 2 aromatic heterocycles. The van der Waals surface area contributed by atoms with Crippen LogP contribution < -0.4 is 5.56 Å². The highest BCUT2D eigenvalue weighted by atomic mass is 16.1. The third kappa shape index (κ3) is 3.21. The third-order valence-electron chi connectivity index (χ3n) is 9.22. The molecule has 0 spiro atoms. The second-order valence-electron chi connectivity index (χ2n) is 11.7. The zero-order chi connectivity index (χ0) is 22.2. The van der Waals surface area contributed by atoms with Gasteiger partial charge in [-0.25, -0.2) is 9.50 Å². The Bertz CT molecular complexity index is 1210. The van der Waals surface area contributed by atoms with Gasteiger partial charge in [0.25, 0.3) is 5.56 Å². The Morgan fingerprint density at radius 2 is 1.73 bits per heavy atom. The number of likely N-dealkylation sites (tertiary alicyclic amines) is 1. The summed E-state index contributed by atoms with van der Waals surface area (Å²) in [5.41, 5.74) is 2.02. The molecule has 0 radical (unpaired) electrons. The lowest BCUT2D eigenvalue weighted by Gasteiger charge is -2.56. The molecule has 1 aromatic carbocycles. The summed E-state index contributed by atoms with van der Waals surface area (Å²) in [6.07, 6.45) is 9.66. The van der Waals surface area contributed by atoms with Crippen LogP contribution in [0.25, 0.3) is 5.52 Å². The van der Waals surface area contributed by atoms with Gasteiger partial charge < -0.3 is 4.98 Å². The van der Waals surface area contributed by atoms with Crippen molar-refractivity contribution in [2.75, 3.05) is 13.1 Å². The average Bonchev–Trinajstić information content (AvgIpc) is 3.37. The highest BCUT2D eigenvalue weighted by Crippen LogP contribution is 2.60. The minimum Gasteiger partial charge on any atom is -0.307 e. The first-order chi connectivity index (χ1) is 16.1. The molecule has 3 aromatic rings. The Hall–Kier alpha value is -2.47. The molecule has 4 aliphatic carbocycles. The van der Waals surface area contributed by atoms with Gasteiger partial charge in [-0.15, -0.1) is 0 Å². The van der Waals surface area contributed by atoms with Crippen LogP contribution in [0.3, 0.4) is 0 Å². The maximum atomic E-state index is 13.1. The maximum absolute atomic E-state index is 13.1. The predicted molar refractivity (Wildman–Crippen MR) is 127 cm³/mol. The van der Waals surface area contributed by atoms with Crippen molar-refractivity contribution in [2.24, 2.45) is 23.7 Å². The molecule has 2 atom stereocenters. The van der Waals surface area contributed by atoms with Crippen molar-refractivity contribution in [1.29, 1.82) is 0 Å². The van der Waals surface area contributed by atoms with E-state index in [4.69, 9.17) is 10.1 Å². The fourth-order valence-corrected chi connectivity index (χ4v) is 8.22. The smallest absolute Gasteiger partial charge is 0.276 e. The Balaban J connectivity index is 1.23. The molecule has 33 heavy (non-hydrogen) atoms. The number of rotatable bonds is 4. The zero-order valence-corrected chi connectivity index (χ0v) is 19.4. The van der Waals surface area contributed by atoms with Crippen LogP contribution in [0, 0.1) is 23.7 Å². The average molecular weight is 444 g/mol. The van der Waals surface area contributed by atoms with Gasteiger partial charge in [0.2, 0.25) is 0 Å². The second-order valence-corrected chi connectivity index (χ2v) is 11.7. The molecular weight excluding hydrogens is 410 g/mol. The van der Waals surface area contributed by atoms with Gasteiger partial charge in [-0.05, 0) is 67.8 Å². The van der Waals surface area contributed by atoms with Crippen molar-refractivity contribution in [1.82, 2.24) is 24.5 Å². The Labute approximate surface area is 194 Å². The van der Waals surface area contributed by atoms with E-state index in [0.717, 1.165) is 49.0 Å². The van der Waals surface area contributed by atoms with E-state index in [0.29, 0.717) is 11.4 Å². The Kier molecular flexibility index (Phi) is 4.39. The number of imidazole rings is 1. The van der Waals surface area contributed by atoms with Gasteiger partial charge in [0.15, 0.2) is 5.52 Å². The van der Waals surface area contributed by atoms with Crippen molar-refractivity contribution in [2.45, 2.75) is 63.3 Å². The van der Waals surface area contributed by atoms with Crippen LogP contribution in [-0.2, 0) is 12.0 Å². The van der Waals surface area contributed by atoms with E-state index in [1.165, 1.54) is 44.1 Å². The first-order valence-corrected chi connectivity index (χ1v) is 12.8. The molecule has 1 saturated heterocycles. The number of fused-ring (bicyclic) bond motifs is 1. The Morgan fingerprint density at radius 1 is 1.03 bits per heavy atom. The molecule has 0 amide bonds. The lowest BCUT2D eigenvalue weighted by Crippen LogP contribution is -2.49. The van der Waals surface area contributed by atoms with E-state index in [1.807, 2.05) is 4.52 Å². The number of hydrogen-bond acceptors (Lipinski definition) is 4. The number of aromatic amines is 1. The summed E-state index contributed by atoms with van der Waals surface area (Å²) < 4.78 is 1.95. The van der Waals surface area contributed by atoms with E-state index >= 15 is 0 Å². The van der Waals surface area contributed by atoms with Gasteiger partial charge in [-0.1, -0.05) is 37.3 Å². The second kappa shape index (κ2) is 7.26. The standard InChI is InChI=1S/C27H33N5O/c1-17-14-31(15-18-5-3-2-4-6-18)16-22(17)24-29-25(33)23-13-28-26(32(23)30-24)27-10-19-7-20(11-27)9-21(8-19)12-27/h2-6,13,17,19-22H,7-12,14-16H2,1H3,(H,29,30,33). The highest BCUT2D eigenvalue weighted by molar-refractivity contribution is 5.44. The van der Waals surface area contributed by atoms with Crippen LogP contribution in [0.2, 0.25) is 0 Å². The molecule has 2 unspecified atom stereocenters. The fourth-order valence-electron chi connectivity index (χ4n) is 8.22. The molecule has 3 heterocycles. The van der Waals surface area contributed by atoms with E-state index in [9.17, 15) is 4.79 Å². The van der Waals surface area contributed by atoms with Crippen LogP contribution in [-0.4, -0.2) is 37.6 Å². The van der Waals surface area contributed by atoms with Gasteiger partial charge in [-0.2, -0.15) is 5.10 Å². The SMILES string of the molecule is CC1CN(Cc2ccccc2)CC1c1nn2c(C34CC5CC(CC(C5)C3)C4)ncc2c(=O)[nH]1. The number of hydrogen-bond donors (Lipinski definition) is 1. The monoisotopic (exact) mass is 443 g/mol. The number of nitrogens with one attached hydrogen (secondary N) is 1. The summed E-state index contributed by atoms with van der Waals surface area (Å²) in [6, 6.07) is 10.6. The number of nitrogens with zero attached hydrogens (tertiary/aromatic N) is 4. The third-order valence-corrected chi connectivity index (χ3v) is 9.22. The van der Waals surface area contributed by atoms with Crippen LogP contribution in [0.4, 0.5) is 0 Å². The van der Waals surface area contributed by atoms with Crippen molar-refractivity contribution >= 4 is 5.52 Å². The van der Waals surface area contributed by atoms with Gasteiger partial charge in [0.05, 0.1) is 6.20 Å². The van der Waals surface area contributed by atoms with Crippen LogP contribution in [0.15, 0.2) is 41.3 Å². The molecule has 4 saturated carbocycles. The Morgan fingerprint density at radius 3 is 2.42 bits per heavy atom. The van der Waals surface area contributed by atoms with Crippen molar-refractivity contribution < 1.29 is 0 Å². The first kappa shape index (κ1) is 20.0. The number of benzene rings is 1. The zero-order valence-electron chi connectivity index (χ0n) is 19.4. The molecule has 172 valence electrons. The van der Waals surface area contributed by atoms with Gasteiger partial charge in [0.1, 0.15) is 11.6 Å². The summed E-state index contributed by atoms with van der Waals surface area (Å²) in [4.78, 5) is 23.6. The molecule has 1 N–H and O–H groups in total. The maximum Gasteiger partial charge on any atom is 0.276 e. The quantitative estimate of drug-likeness (QED) is 0.659. The summed E-state index contributed by atoms with van der Waals surface area (Å²) in [7, 11) is 0. The van der Waals surface area contributed by atoms with Crippen molar-refractivity contribution in [3.8, 4) is 0 Å². The molecule has 6 heteroatoms. The minimum absolute atomic E-state index is 0.0443. The van der Waals surface area contributed by atoms with Gasteiger partial charge >= 0.3 is 0 Å². The molecule has 5 fully saturated rings. The molecular formula is C27H33N5O. The van der Waals surface area contributed by atoms with E-state index in [1.54, 1.807) is 6.20 Å². The minimum atomic E-state index is -0.0443. The highest BCUT2D eigenvalue weighted by Gasteiger charge is 2.53. The van der Waals surface area contributed by atoms with Gasteiger partial charge in [0, 0.05) is 31.0 Å². The fraction of sp³-hybridized carbons (Fsp3) is 0.593. The summed E-state index contributed by atoms with van der Waals surface area (Å²) >= 11 is 0. The number of aromatic nitrogens is 4. The van der Waals surface area contributed by atoms with Crippen molar-refractivity contribution in [3.63, 3.8) is 0 Å². The molecule has 6 nitrogen and oxygen atoms in total. The summed E-state index contributed by atoms with van der Waals surface area (Å²) in [5.74, 6) is 5.10. The van der Waals surface area contributed by atoms with Crippen LogP contribution in [0.5, 0.6) is 0 Å². The van der Waals surface area contributed by atoms with Crippen LogP contribution >= 0.6 is 0 Å². The molecule has 4 bridgehead atoms.